The first-order valence-electron chi connectivity index (χ1n) is 5.61. The number of aromatic nitrogens is 1. The fourth-order valence-corrected chi connectivity index (χ4v) is 1.39. The van der Waals surface area contributed by atoms with Gasteiger partial charge in [-0.3, -0.25) is 0 Å². The molecule has 0 unspecified atom stereocenters. The molecule has 0 aliphatic heterocycles. The number of fused-ring (bicyclic) bond motifs is 1. The quantitative estimate of drug-likeness (QED) is 0.729. The molecule has 0 atom stereocenters. The third-order valence-electron chi connectivity index (χ3n) is 2.33. The summed E-state index contributed by atoms with van der Waals surface area (Å²) in [7, 11) is 0. The molecular weight excluding hydrogens is 230 g/mol. The van der Waals surface area contributed by atoms with Gasteiger partial charge < -0.3 is 15.2 Å². The van der Waals surface area contributed by atoms with Crippen molar-refractivity contribution in [3.63, 3.8) is 0 Å². The first-order valence-corrected chi connectivity index (χ1v) is 5.61. The van der Waals surface area contributed by atoms with Gasteiger partial charge in [0, 0.05) is 29.8 Å². The highest BCUT2D eigenvalue weighted by Crippen LogP contribution is 2.14. The summed E-state index contributed by atoms with van der Waals surface area (Å²) < 4.78 is 0. The minimum Gasteiger partial charge on any atom is -0.478 e. The summed E-state index contributed by atoms with van der Waals surface area (Å²) in [6.07, 6.45) is 0.703. The number of nitrogens with one attached hydrogen (secondary N) is 1. The molecule has 1 heterocycles. The third-order valence-corrected chi connectivity index (χ3v) is 2.33. The minimum atomic E-state index is -0.935. The van der Waals surface area contributed by atoms with Gasteiger partial charge in [0.15, 0.2) is 0 Å². The number of hydrogen-bond donors (Lipinski definition) is 3. The molecule has 1 aromatic heterocycles. The van der Waals surface area contributed by atoms with Crippen LogP contribution in [0.25, 0.3) is 10.9 Å². The van der Waals surface area contributed by atoms with Gasteiger partial charge in [-0.2, -0.15) is 0 Å². The zero-order chi connectivity index (χ0) is 13.5. The standard InChI is InChI=1S/C10H11NO.C4H6O2/c12-6-5-9-7-8-3-1-2-4-10(8)11-9;1-3(2)4(5)6/h1-4,7,11-12H,5-6H2;1H2,2H3,(H,5,6). The van der Waals surface area contributed by atoms with Gasteiger partial charge in [0.05, 0.1) is 0 Å². The maximum absolute atomic E-state index is 9.60. The Bertz CT molecular complexity index is 498. The molecule has 18 heavy (non-hydrogen) atoms. The minimum absolute atomic E-state index is 0.176. The monoisotopic (exact) mass is 247 g/mol. The summed E-state index contributed by atoms with van der Waals surface area (Å²) in [6, 6.07) is 10.2. The number of H-pyrrole nitrogens is 1. The number of carbonyl (C=O) groups is 1. The first-order chi connectivity index (χ1) is 8.54. The van der Waals surface area contributed by atoms with Crippen LogP contribution in [0.15, 0.2) is 42.5 Å². The lowest BCUT2D eigenvalue weighted by atomic mass is 10.2. The summed E-state index contributed by atoms with van der Waals surface area (Å²) in [5.41, 5.74) is 2.41. The smallest absolute Gasteiger partial charge is 0.330 e. The number of hydrogen-bond acceptors (Lipinski definition) is 2. The molecule has 0 radical (unpaired) electrons. The Hall–Kier alpha value is -2.07. The summed E-state index contributed by atoms with van der Waals surface area (Å²) in [4.78, 5) is 12.8. The van der Waals surface area contributed by atoms with E-state index in [0.717, 1.165) is 11.2 Å². The molecule has 2 aromatic rings. The second-order valence-corrected chi connectivity index (χ2v) is 3.94. The van der Waals surface area contributed by atoms with Crippen molar-refractivity contribution >= 4 is 16.9 Å². The fourth-order valence-electron chi connectivity index (χ4n) is 1.39. The SMILES string of the molecule is C=C(C)C(=O)O.OCCc1cc2ccccc2[nH]1. The van der Waals surface area contributed by atoms with Gasteiger partial charge in [-0.05, 0) is 24.4 Å². The number of aliphatic carboxylic acids is 1. The van der Waals surface area contributed by atoms with Crippen LogP contribution in [0.1, 0.15) is 12.6 Å². The summed E-state index contributed by atoms with van der Waals surface area (Å²) in [6.45, 7) is 4.80. The van der Waals surface area contributed by atoms with E-state index in [1.165, 1.54) is 12.3 Å². The van der Waals surface area contributed by atoms with Crippen LogP contribution in [0, 0.1) is 0 Å². The normalized spacial score (nSPS) is 9.67. The zero-order valence-corrected chi connectivity index (χ0v) is 10.3. The number of carboxylic acid groups (broad SMARTS) is 1. The lowest BCUT2D eigenvalue weighted by Gasteiger charge is -1.88. The first kappa shape index (κ1) is 14.0. The predicted octanol–water partition coefficient (Wildman–Crippen LogP) is 2.35. The van der Waals surface area contributed by atoms with E-state index in [9.17, 15) is 4.79 Å². The van der Waals surface area contributed by atoms with Gasteiger partial charge in [-0.1, -0.05) is 24.8 Å². The number of aliphatic hydroxyl groups excluding tert-OH is 1. The Labute approximate surface area is 106 Å². The van der Waals surface area contributed by atoms with E-state index in [-0.39, 0.29) is 12.2 Å². The predicted molar refractivity (Wildman–Crippen MR) is 71.5 cm³/mol. The summed E-state index contributed by atoms with van der Waals surface area (Å²) >= 11 is 0. The number of rotatable bonds is 3. The van der Waals surface area contributed by atoms with Crippen molar-refractivity contribution in [1.29, 1.82) is 0 Å². The highest BCUT2D eigenvalue weighted by Gasteiger charge is 1.97. The molecule has 1 aromatic carbocycles. The van der Waals surface area contributed by atoms with E-state index in [4.69, 9.17) is 10.2 Å². The molecule has 0 fully saturated rings. The van der Waals surface area contributed by atoms with Gasteiger partial charge in [0.1, 0.15) is 0 Å². The molecule has 0 saturated heterocycles. The number of para-hydroxylation sites is 1. The molecule has 4 nitrogen and oxygen atoms in total. The third kappa shape index (κ3) is 4.07. The van der Waals surface area contributed by atoms with Crippen molar-refractivity contribution in [2.45, 2.75) is 13.3 Å². The number of carboxylic acids is 1. The molecule has 0 amide bonds. The van der Waals surface area contributed by atoms with E-state index in [1.807, 2.05) is 18.2 Å². The topological polar surface area (TPSA) is 73.3 Å². The molecular formula is C14H17NO3. The maximum Gasteiger partial charge on any atom is 0.330 e. The summed E-state index contributed by atoms with van der Waals surface area (Å²) in [5.74, 6) is -0.935. The molecule has 0 aliphatic carbocycles. The van der Waals surface area contributed by atoms with E-state index < -0.39 is 5.97 Å². The van der Waals surface area contributed by atoms with Crippen molar-refractivity contribution < 1.29 is 15.0 Å². The molecule has 0 bridgehead atoms. The van der Waals surface area contributed by atoms with Crippen molar-refractivity contribution in [1.82, 2.24) is 4.98 Å². The lowest BCUT2D eigenvalue weighted by Crippen LogP contribution is -1.92. The highest BCUT2D eigenvalue weighted by molar-refractivity contribution is 5.84. The molecule has 3 N–H and O–H groups in total. The van der Waals surface area contributed by atoms with Crippen LogP contribution in [0.4, 0.5) is 0 Å². The Morgan fingerprint density at radius 3 is 2.50 bits per heavy atom. The Morgan fingerprint density at radius 2 is 2.00 bits per heavy atom. The summed E-state index contributed by atoms with van der Waals surface area (Å²) in [5, 5.41) is 17.8. The van der Waals surface area contributed by atoms with E-state index in [2.05, 4.69) is 23.7 Å². The van der Waals surface area contributed by atoms with E-state index >= 15 is 0 Å². The Morgan fingerprint density at radius 1 is 1.39 bits per heavy atom. The van der Waals surface area contributed by atoms with Crippen molar-refractivity contribution in [2.24, 2.45) is 0 Å². The number of benzene rings is 1. The Balaban J connectivity index is 0.000000232. The second kappa shape index (κ2) is 6.61. The second-order valence-electron chi connectivity index (χ2n) is 3.94. The van der Waals surface area contributed by atoms with Gasteiger partial charge in [0.2, 0.25) is 0 Å². The van der Waals surface area contributed by atoms with Crippen LogP contribution < -0.4 is 0 Å². The molecule has 0 saturated carbocycles. The van der Waals surface area contributed by atoms with Crippen molar-refractivity contribution in [3.8, 4) is 0 Å². The molecule has 2 rings (SSSR count). The van der Waals surface area contributed by atoms with Crippen LogP contribution in [0.3, 0.4) is 0 Å². The van der Waals surface area contributed by atoms with Crippen molar-refractivity contribution in [3.05, 3.63) is 48.2 Å². The van der Waals surface area contributed by atoms with Gasteiger partial charge in [-0.25, -0.2) is 4.79 Å². The van der Waals surface area contributed by atoms with Crippen LogP contribution in [-0.4, -0.2) is 27.8 Å². The average Bonchev–Trinajstić information content (AvgIpc) is 2.72. The zero-order valence-electron chi connectivity index (χ0n) is 10.3. The van der Waals surface area contributed by atoms with Gasteiger partial charge >= 0.3 is 5.97 Å². The lowest BCUT2D eigenvalue weighted by molar-refractivity contribution is -0.132. The average molecular weight is 247 g/mol. The molecule has 4 heteroatoms. The van der Waals surface area contributed by atoms with Gasteiger partial charge in [0.25, 0.3) is 0 Å². The molecule has 96 valence electrons. The van der Waals surface area contributed by atoms with Crippen LogP contribution in [0.5, 0.6) is 0 Å². The van der Waals surface area contributed by atoms with E-state index in [1.54, 1.807) is 0 Å². The maximum atomic E-state index is 9.60. The molecule has 0 aliphatic rings. The fraction of sp³-hybridized carbons (Fsp3) is 0.214. The van der Waals surface area contributed by atoms with Gasteiger partial charge in [-0.15, -0.1) is 0 Å². The van der Waals surface area contributed by atoms with Crippen molar-refractivity contribution in [2.75, 3.05) is 6.61 Å². The number of aromatic amines is 1. The van der Waals surface area contributed by atoms with Crippen LogP contribution in [0.2, 0.25) is 0 Å². The largest absolute Gasteiger partial charge is 0.478 e. The number of aliphatic hydroxyl groups is 1. The molecule has 0 spiro atoms. The van der Waals surface area contributed by atoms with Crippen LogP contribution in [-0.2, 0) is 11.2 Å². The highest BCUT2D eigenvalue weighted by atomic mass is 16.4. The van der Waals surface area contributed by atoms with E-state index in [0.29, 0.717) is 6.42 Å². The van der Waals surface area contributed by atoms with Crippen LogP contribution >= 0.6 is 0 Å². The Kier molecular flexibility index (Phi) is 5.14.